The summed E-state index contributed by atoms with van der Waals surface area (Å²) < 4.78 is 1.12. The summed E-state index contributed by atoms with van der Waals surface area (Å²) in [6, 6.07) is 14.1. The van der Waals surface area contributed by atoms with Gasteiger partial charge in [-0.05, 0) is 60.4 Å². The summed E-state index contributed by atoms with van der Waals surface area (Å²) in [6.45, 7) is 3.44. The highest BCUT2D eigenvalue weighted by atomic mass is 35.5. The molecule has 0 aliphatic carbocycles. The zero-order valence-corrected chi connectivity index (χ0v) is 23.9. The molecular weight excluding hydrogens is 546 g/mol. The Labute approximate surface area is 241 Å². The fourth-order valence-corrected chi connectivity index (χ4v) is 6.26. The lowest BCUT2D eigenvalue weighted by Crippen LogP contribution is -2.47. The summed E-state index contributed by atoms with van der Waals surface area (Å²) in [6.07, 6.45) is 3.91. The van der Waals surface area contributed by atoms with Gasteiger partial charge < -0.3 is 20.9 Å². The van der Waals surface area contributed by atoms with E-state index in [1.807, 2.05) is 41.8 Å². The molecule has 1 atom stereocenters. The molecule has 3 amide bonds. The van der Waals surface area contributed by atoms with Gasteiger partial charge in [0, 0.05) is 37.5 Å². The van der Waals surface area contributed by atoms with Gasteiger partial charge in [0.1, 0.15) is 6.04 Å². The number of amides is 3. The predicted octanol–water partition coefficient (Wildman–Crippen LogP) is 5.20. The Morgan fingerprint density at radius 3 is 2.62 bits per heavy atom. The lowest BCUT2D eigenvalue weighted by molar-refractivity contribution is -0.122. The summed E-state index contributed by atoms with van der Waals surface area (Å²) in [4.78, 5) is 45.9. The second kappa shape index (κ2) is 12.1. The van der Waals surface area contributed by atoms with Crippen LogP contribution in [0.3, 0.4) is 0 Å². The highest BCUT2D eigenvalue weighted by molar-refractivity contribution is 7.17. The Morgan fingerprint density at radius 1 is 1.07 bits per heavy atom. The van der Waals surface area contributed by atoms with Gasteiger partial charge in [-0.1, -0.05) is 35.9 Å². The van der Waals surface area contributed by atoms with E-state index in [0.717, 1.165) is 47.3 Å². The largest absolute Gasteiger partial charge is 0.369 e. The van der Waals surface area contributed by atoms with Gasteiger partial charge in [0.05, 0.1) is 33.2 Å². The fraction of sp³-hybridized carbons (Fsp3) is 0.267. The molecule has 206 valence electrons. The zero-order chi connectivity index (χ0) is 28.2. The first-order valence-corrected chi connectivity index (χ1v) is 14.4. The molecule has 3 N–H and O–H groups in total. The van der Waals surface area contributed by atoms with E-state index < -0.39 is 17.9 Å². The van der Waals surface area contributed by atoms with Crippen molar-refractivity contribution in [3.8, 4) is 0 Å². The minimum atomic E-state index is -0.804. The van der Waals surface area contributed by atoms with Gasteiger partial charge in [-0.15, -0.1) is 11.3 Å². The SMILES string of the molecule is CNC(=O)C(Cc1csc2ccccc12)NC(=O)c1cc(C(=O)Nc2cccc(Cl)c2N2CCCC2)cnc1C. The Kier molecular flexibility index (Phi) is 8.32. The second-order valence-corrected chi connectivity index (χ2v) is 11.1. The van der Waals surface area contributed by atoms with Crippen LogP contribution >= 0.6 is 22.9 Å². The first kappa shape index (κ1) is 27.6. The molecule has 3 heterocycles. The number of carbonyl (C=O) groups excluding carboxylic acids is 3. The van der Waals surface area contributed by atoms with Crippen LogP contribution in [-0.2, 0) is 11.2 Å². The maximum absolute atomic E-state index is 13.4. The molecule has 2 aromatic carbocycles. The molecular formula is C30H30ClN5O3S. The minimum Gasteiger partial charge on any atom is -0.369 e. The summed E-state index contributed by atoms with van der Waals surface area (Å²) in [5.41, 5.74) is 3.28. The standard InChI is InChI=1S/C30H30ClN5O3S/c1-18-22(29(38)35-25(30(39)32-2)15-20-17-40-26-11-4-3-8-21(20)26)14-19(16-33-18)28(37)34-24-10-7-9-23(31)27(24)36-12-5-6-13-36/h3-4,7-11,14,16-17,25H,5-6,12-13,15H2,1-2H3,(H,32,39)(H,34,37)(H,35,38). The molecule has 0 radical (unpaired) electrons. The van der Waals surface area contributed by atoms with Crippen molar-refractivity contribution in [2.75, 3.05) is 30.4 Å². The van der Waals surface area contributed by atoms with Crippen molar-refractivity contribution in [2.45, 2.75) is 32.2 Å². The third kappa shape index (κ3) is 5.80. The number of likely N-dealkylation sites (N-methyl/N-ethyl adjacent to an activating group) is 1. The lowest BCUT2D eigenvalue weighted by atomic mass is 10.0. The summed E-state index contributed by atoms with van der Waals surface area (Å²) >= 11 is 8.10. The molecule has 8 nitrogen and oxygen atoms in total. The minimum absolute atomic E-state index is 0.225. The molecule has 4 aromatic rings. The Hall–Kier alpha value is -3.95. The van der Waals surface area contributed by atoms with E-state index in [-0.39, 0.29) is 17.0 Å². The average Bonchev–Trinajstić information content (AvgIpc) is 3.63. The van der Waals surface area contributed by atoms with E-state index in [1.165, 1.54) is 19.3 Å². The van der Waals surface area contributed by atoms with Gasteiger partial charge in [-0.25, -0.2) is 0 Å². The van der Waals surface area contributed by atoms with E-state index >= 15 is 0 Å². The highest BCUT2D eigenvalue weighted by Crippen LogP contribution is 2.36. The van der Waals surface area contributed by atoms with Crippen LogP contribution in [0.25, 0.3) is 10.1 Å². The molecule has 1 aliphatic heterocycles. The van der Waals surface area contributed by atoms with Crippen molar-refractivity contribution in [1.82, 2.24) is 15.6 Å². The number of nitrogens with one attached hydrogen (secondary N) is 3. The summed E-state index contributed by atoms with van der Waals surface area (Å²) in [5, 5.41) is 12.1. The quantitative estimate of drug-likeness (QED) is 0.268. The molecule has 40 heavy (non-hydrogen) atoms. The number of aryl methyl sites for hydroxylation is 1. The maximum atomic E-state index is 13.4. The molecule has 1 fully saturated rings. The number of nitrogens with zero attached hydrogens (tertiary/aromatic N) is 2. The third-order valence-corrected chi connectivity index (χ3v) is 8.42. The van der Waals surface area contributed by atoms with Crippen molar-refractivity contribution in [1.29, 1.82) is 0 Å². The van der Waals surface area contributed by atoms with Gasteiger partial charge in [0.15, 0.2) is 0 Å². The fourth-order valence-electron chi connectivity index (χ4n) is 4.99. The van der Waals surface area contributed by atoms with Crippen LogP contribution in [0, 0.1) is 6.92 Å². The maximum Gasteiger partial charge on any atom is 0.257 e. The topological polar surface area (TPSA) is 103 Å². The Balaban J connectivity index is 1.36. The van der Waals surface area contributed by atoms with Gasteiger partial charge in [-0.2, -0.15) is 0 Å². The Bertz CT molecular complexity index is 1580. The number of rotatable bonds is 8. The number of halogens is 1. The monoisotopic (exact) mass is 575 g/mol. The molecule has 2 aromatic heterocycles. The summed E-state index contributed by atoms with van der Waals surface area (Å²) in [5.74, 6) is -1.19. The number of hydrogen-bond acceptors (Lipinski definition) is 6. The van der Waals surface area contributed by atoms with Crippen LogP contribution in [0.2, 0.25) is 5.02 Å². The van der Waals surface area contributed by atoms with Gasteiger partial charge >= 0.3 is 0 Å². The smallest absolute Gasteiger partial charge is 0.257 e. The van der Waals surface area contributed by atoms with E-state index in [4.69, 9.17) is 11.6 Å². The molecule has 1 aliphatic rings. The summed E-state index contributed by atoms with van der Waals surface area (Å²) in [7, 11) is 1.54. The number of anilines is 2. The predicted molar refractivity (Wildman–Crippen MR) is 161 cm³/mol. The van der Waals surface area contributed by atoms with Crippen molar-refractivity contribution < 1.29 is 14.4 Å². The number of aromatic nitrogens is 1. The molecule has 1 unspecified atom stereocenters. The van der Waals surface area contributed by atoms with Crippen molar-refractivity contribution in [2.24, 2.45) is 0 Å². The highest BCUT2D eigenvalue weighted by Gasteiger charge is 2.25. The van der Waals surface area contributed by atoms with Crippen LogP contribution in [-0.4, -0.2) is 48.9 Å². The normalized spacial score (nSPS) is 13.7. The first-order valence-electron chi connectivity index (χ1n) is 13.1. The lowest BCUT2D eigenvalue weighted by Gasteiger charge is -2.23. The second-order valence-electron chi connectivity index (χ2n) is 9.74. The number of hydrogen-bond donors (Lipinski definition) is 3. The molecule has 1 saturated heterocycles. The van der Waals surface area contributed by atoms with Crippen LogP contribution in [0.1, 0.15) is 44.8 Å². The van der Waals surface area contributed by atoms with E-state index in [2.05, 4.69) is 25.8 Å². The first-order chi connectivity index (χ1) is 19.4. The number of carbonyl (C=O) groups is 3. The Morgan fingerprint density at radius 2 is 1.85 bits per heavy atom. The number of para-hydroxylation sites is 1. The van der Waals surface area contributed by atoms with E-state index in [0.29, 0.717) is 22.8 Å². The number of fused-ring (bicyclic) bond motifs is 1. The molecule has 0 spiro atoms. The molecule has 0 saturated carbocycles. The van der Waals surface area contributed by atoms with Crippen molar-refractivity contribution in [3.63, 3.8) is 0 Å². The van der Waals surface area contributed by atoms with Crippen molar-refractivity contribution >= 4 is 62.1 Å². The van der Waals surface area contributed by atoms with E-state index in [1.54, 1.807) is 24.3 Å². The number of pyridine rings is 1. The third-order valence-electron chi connectivity index (χ3n) is 7.10. The van der Waals surface area contributed by atoms with Crippen LogP contribution in [0.15, 0.2) is 60.1 Å². The van der Waals surface area contributed by atoms with Crippen LogP contribution in [0.5, 0.6) is 0 Å². The van der Waals surface area contributed by atoms with Gasteiger partial charge in [-0.3, -0.25) is 19.4 Å². The van der Waals surface area contributed by atoms with Crippen molar-refractivity contribution in [3.05, 3.63) is 87.5 Å². The van der Waals surface area contributed by atoms with Crippen LogP contribution in [0.4, 0.5) is 11.4 Å². The average molecular weight is 576 g/mol. The molecule has 10 heteroatoms. The molecule has 0 bridgehead atoms. The van der Waals surface area contributed by atoms with E-state index in [9.17, 15) is 14.4 Å². The molecule has 5 rings (SSSR count). The number of benzene rings is 2. The van der Waals surface area contributed by atoms with Gasteiger partial charge in [0.25, 0.3) is 11.8 Å². The van der Waals surface area contributed by atoms with Gasteiger partial charge in [0.2, 0.25) is 5.91 Å². The van der Waals surface area contributed by atoms with Crippen LogP contribution < -0.4 is 20.9 Å². The number of thiophene rings is 1. The zero-order valence-electron chi connectivity index (χ0n) is 22.3.